The zero-order chi connectivity index (χ0) is 10.1. The van der Waals surface area contributed by atoms with E-state index in [9.17, 15) is 4.79 Å². The van der Waals surface area contributed by atoms with E-state index in [1.807, 2.05) is 0 Å². The van der Waals surface area contributed by atoms with Crippen molar-refractivity contribution in [1.82, 2.24) is 4.57 Å². The topological polar surface area (TPSA) is 22.0 Å². The molecular formula is C8H4ClNOS3. The van der Waals surface area contributed by atoms with Gasteiger partial charge in [0, 0.05) is 5.02 Å². The zero-order valence-corrected chi connectivity index (χ0v) is 9.97. The van der Waals surface area contributed by atoms with Crippen LogP contribution in [0.2, 0.25) is 5.02 Å². The van der Waals surface area contributed by atoms with Gasteiger partial charge in [-0.3, -0.25) is 4.79 Å². The fraction of sp³-hybridized carbons (Fsp3) is 0. The highest BCUT2D eigenvalue weighted by Crippen LogP contribution is 2.15. The Morgan fingerprint density at radius 1 is 1.21 bits per heavy atom. The van der Waals surface area contributed by atoms with Gasteiger partial charge in [0.25, 0.3) is 0 Å². The minimum atomic E-state index is -0.0534. The van der Waals surface area contributed by atoms with Gasteiger partial charge in [-0.1, -0.05) is 11.6 Å². The monoisotopic (exact) mass is 261 g/mol. The second-order valence-corrected chi connectivity index (χ2v) is 5.66. The number of benzene rings is 1. The van der Waals surface area contributed by atoms with Crippen molar-refractivity contribution in [1.29, 1.82) is 0 Å². The average Bonchev–Trinajstić information content (AvgIpc) is 2.49. The van der Waals surface area contributed by atoms with Gasteiger partial charge in [0.05, 0.1) is 5.69 Å². The maximum absolute atomic E-state index is 11.4. The molecule has 0 aliphatic heterocycles. The molecule has 6 heteroatoms. The third-order valence-electron chi connectivity index (χ3n) is 1.63. The van der Waals surface area contributed by atoms with Crippen LogP contribution in [0.3, 0.4) is 0 Å². The second-order valence-electron chi connectivity index (χ2n) is 2.51. The number of hydrogen-bond acceptors (Lipinski definition) is 4. The first-order valence-electron chi connectivity index (χ1n) is 3.66. The Kier molecular flexibility index (Phi) is 2.83. The van der Waals surface area contributed by atoms with Crippen molar-refractivity contribution in [2.24, 2.45) is 0 Å². The summed E-state index contributed by atoms with van der Waals surface area (Å²) in [7, 11) is 2.45. The van der Waals surface area contributed by atoms with Crippen molar-refractivity contribution >= 4 is 44.5 Å². The quantitative estimate of drug-likeness (QED) is 0.580. The predicted octanol–water partition coefficient (Wildman–Crippen LogP) is 3.34. The van der Waals surface area contributed by atoms with Crippen molar-refractivity contribution in [3.63, 3.8) is 0 Å². The Labute approximate surface area is 97.4 Å². The molecule has 2 aromatic rings. The van der Waals surface area contributed by atoms with E-state index in [0.717, 1.165) is 16.0 Å². The third-order valence-corrected chi connectivity index (χ3v) is 4.52. The lowest BCUT2D eigenvalue weighted by Crippen LogP contribution is -2.09. The molecule has 0 bridgehead atoms. The molecule has 72 valence electrons. The fourth-order valence-corrected chi connectivity index (χ4v) is 3.31. The van der Waals surface area contributed by atoms with Crippen LogP contribution in [0.25, 0.3) is 5.69 Å². The van der Waals surface area contributed by atoms with Gasteiger partial charge in [0.15, 0.2) is 3.95 Å². The maximum Gasteiger partial charge on any atom is 0.323 e. The number of halogens is 1. The molecule has 1 heterocycles. The van der Waals surface area contributed by atoms with E-state index in [1.165, 1.54) is 14.9 Å². The molecule has 1 aromatic carbocycles. The average molecular weight is 262 g/mol. The van der Waals surface area contributed by atoms with Crippen LogP contribution in [-0.2, 0) is 0 Å². The van der Waals surface area contributed by atoms with Gasteiger partial charge in [-0.25, -0.2) is 4.57 Å². The summed E-state index contributed by atoms with van der Waals surface area (Å²) in [6.45, 7) is 0. The molecule has 1 aromatic heterocycles. The first-order chi connectivity index (χ1) is 6.68. The summed E-state index contributed by atoms with van der Waals surface area (Å²) in [5.74, 6) is 0. The molecule has 2 rings (SSSR count). The van der Waals surface area contributed by atoms with Gasteiger partial charge in [-0.2, -0.15) is 0 Å². The highest BCUT2D eigenvalue weighted by molar-refractivity contribution is 7.79. The summed E-state index contributed by atoms with van der Waals surface area (Å²) in [6, 6.07) is 7.03. The molecule has 0 aliphatic rings. The Bertz CT molecular complexity index is 523. The summed E-state index contributed by atoms with van der Waals surface area (Å²) in [6.07, 6.45) is 0. The van der Waals surface area contributed by atoms with Crippen molar-refractivity contribution in [3.8, 4) is 5.69 Å². The molecule has 0 N–H and O–H groups in total. The highest BCUT2D eigenvalue weighted by Gasteiger charge is 2.03. The summed E-state index contributed by atoms with van der Waals surface area (Å²) in [5, 5.41) is 0.645. The van der Waals surface area contributed by atoms with Gasteiger partial charge in [0.1, 0.15) is 0 Å². The number of nitrogens with zero attached hydrogens (tertiary/aromatic N) is 1. The van der Waals surface area contributed by atoms with E-state index in [2.05, 4.69) is 0 Å². The lowest BCUT2D eigenvalue weighted by Gasteiger charge is -1.99. The van der Waals surface area contributed by atoms with Crippen LogP contribution in [0.4, 0.5) is 0 Å². The fourth-order valence-electron chi connectivity index (χ4n) is 1.02. The predicted molar refractivity (Wildman–Crippen MR) is 63.6 cm³/mol. The molecule has 0 spiro atoms. The van der Waals surface area contributed by atoms with Gasteiger partial charge in [-0.05, 0) is 57.2 Å². The lowest BCUT2D eigenvalue weighted by atomic mass is 10.3. The first-order valence-corrected chi connectivity index (χ1v) is 6.60. The molecular weight excluding hydrogens is 258 g/mol. The Morgan fingerprint density at radius 3 is 2.36 bits per heavy atom. The van der Waals surface area contributed by atoms with Crippen molar-refractivity contribution in [2.45, 2.75) is 0 Å². The Morgan fingerprint density at radius 2 is 1.86 bits per heavy atom. The van der Waals surface area contributed by atoms with Crippen LogP contribution in [0.5, 0.6) is 0 Å². The molecule has 0 radical (unpaired) electrons. The van der Waals surface area contributed by atoms with Gasteiger partial charge < -0.3 is 0 Å². The molecule has 2 nitrogen and oxygen atoms in total. The van der Waals surface area contributed by atoms with E-state index in [-0.39, 0.29) is 4.87 Å². The standard InChI is InChI=1S/C8H4ClNOS3/c9-5-1-3-6(4-2-5)10-7(11)13-14-8(10)12/h1-4H. The van der Waals surface area contributed by atoms with Crippen LogP contribution in [0.15, 0.2) is 29.1 Å². The SMILES string of the molecule is O=c1ssc(=S)n1-c1ccc(Cl)cc1. The van der Waals surface area contributed by atoms with Crippen molar-refractivity contribution < 1.29 is 0 Å². The van der Waals surface area contributed by atoms with Crippen LogP contribution in [0, 0.1) is 3.95 Å². The van der Waals surface area contributed by atoms with Crippen molar-refractivity contribution in [3.05, 3.63) is 42.9 Å². The number of hydrogen-bond donors (Lipinski definition) is 0. The summed E-state index contributed by atoms with van der Waals surface area (Å²) >= 11 is 10.8. The molecule has 0 aliphatic carbocycles. The van der Waals surface area contributed by atoms with Crippen LogP contribution in [0.1, 0.15) is 0 Å². The largest absolute Gasteiger partial charge is 0.323 e. The van der Waals surface area contributed by atoms with Crippen LogP contribution >= 0.6 is 44.5 Å². The minimum Gasteiger partial charge on any atom is -0.255 e. The lowest BCUT2D eigenvalue weighted by molar-refractivity contribution is 1.04. The van der Waals surface area contributed by atoms with Crippen LogP contribution in [-0.4, -0.2) is 4.57 Å². The van der Waals surface area contributed by atoms with Gasteiger partial charge >= 0.3 is 4.87 Å². The maximum atomic E-state index is 11.4. The molecule has 0 saturated carbocycles. The zero-order valence-electron chi connectivity index (χ0n) is 6.77. The third kappa shape index (κ3) is 1.81. The summed E-state index contributed by atoms with van der Waals surface area (Å²) in [5.41, 5.74) is 0.766. The molecule has 0 amide bonds. The van der Waals surface area contributed by atoms with E-state index >= 15 is 0 Å². The Balaban J connectivity index is 2.66. The normalized spacial score (nSPS) is 10.4. The Hall–Kier alpha value is -0.490. The first kappa shape index (κ1) is 10.0. The summed E-state index contributed by atoms with van der Waals surface area (Å²) < 4.78 is 2.07. The molecule has 0 unspecified atom stereocenters. The smallest absolute Gasteiger partial charge is 0.255 e. The van der Waals surface area contributed by atoms with E-state index in [1.54, 1.807) is 24.3 Å². The molecule has 14 heavy (non-hydrogen) atoms. The van der Waals surface area contributed by atoms with E-state index in [0.29, 0.717) is 8.98 Å². The summed E-state index contributed by atoms with van der Waals surface area (Å²) in [4.78, 5) is 11.4. The van der Waals surface area contributed by atoms with Gasteiger partial charge in [-0.15, -0.1) is 0 Å². The van der Waals surface area contributed by atoms with E-state index < -0.39 is 0 Å². The minimum absolute atomic E-state index is 0.0534. The highest BCUT2D eigenvalue weighted by atomic mass is 35.5. The van der Waals surface area contributed by atoms with E-state index in [4.69, 9.17) is 23.8 Å². The molecule has 0 fully saturated rings. The second kappa shape index (κ2) is 3.94. The number of aromatic nitrogens is 1. The molecule has 0 saturated heterocycles. The van der Waals surface area contributed by atoms with Gasteiger partial charge in [0.2, 0.25) is 0 Å². The van der Waals surface area contributed by atoms with Crippen LogP contribution < -0.4 is 4.87 Å². The number of rotatable bonds is 1. The molecule has 0 atom stereocenters. The van der Waals surface area contributed by atoms with Crippen molar-refractivity contribution in [2.75, 3.05) is 0 Å².